The standard InChI is InChI=1S/C22H30N3O2P/c1-2-9-22(23-16-18-27-19-17-23)28(26)24(20-10-5-3-6-11-20)14-15-25(28)21-12-7-4-8-13-21/h3-8,10-13,22H,2,9,14-19H2,1H3. The molecule has 2 aromatic carbocycles. The number of para-hydroxylation sites is 2. The van der Waals surface area contributed by atoms with Crippen molar-refractivity contribution in [1.82, 2.24) is 4.90 Å². The molecule has 2 saturated heterocycles. The number of benzene rings is 2. The van der Waals surface area contributed by atoms with Gasteiger partial charge in [0.05, 0.1) is 13.2 Å². The van der Waals surface area contributed by atoms with Crippen molar-refractivity contribution < 1.29 is 9.30 Å². The van der Waals surface area contributed by atoms with Crippen molar-refractivity contribution >= 4 is 18.8 Å². The lowest BCUT2D eigenvalue weighted by Gasteiger charge is -2.44. The van der Waals surface area contributed by atoms with E-state index in [0.717, 1.165) is 63.6 Å². The van der Waals surface area contributed by atoms with Crippen molar-refractivity contribution in [3.05, 3.63) is 60.7 Å². The van der Waals surface area contributed by atoms with E-state index in [4.69, 9.17) is 4.74 Å². The van der Waals surface area contributed by atoms with Gasteiger partial charge in [0.25, 0.3) is 7.44 Å². The molecule has 6 heteroatoms. The van der Waals surface area contributed by atoms with Gasteiger partial charge in [-0.2, -0.15) is 0 Å². The first kappa shape index (κ1) is 19.5. The average molecular weight is 399 g/mol. The van der Waals surface area contributed by atoms with E-state index in [0.29, 0.717) is 0 Å². The monoisotopic (exact) mass is 399 g/mol. The van der Waals surface area contributed by atoms with Crippen LogP contribution in [0.2, 0.25) is 0 Å². The summed E-state index contributed by atoms with van der Waals surface area (Å²) >= 11 is 0. The third-order valence-corrected chi connectivity index (χ3v) is 9.33. The molecule has 1 atom stereocenters. The highest BCUT2D eigenvalue weighted by Crippen LogP contribution is 2.65. The van der Waals surface area contributed by atoms with Gasteiger partial charge in [0.1, 0.15) is 5.78 Å². The SMILES string of the molecule is CCCC(N1CCOCC1)P1(=O)N(c2ccccc2)CCN1c1ccccc1. The van der Waals surface area contributed by atoms with Gasteiger partial charge in [0.2, 0.25) is 0 Å². The van der Waals surface area contributed by atoms with Crippen LogP contribution < -0.4 is 9.34 Å². The molecule has 0 aliphatic carbocycles. The van der Waals surface area contributed by atoms with Crippen LogP contribution in [-0.4, -0.2) is 50.1 Å². The maximum Gasteiger partial charge on any atom is 0.279 e. The van der Waals surface area contributed by atoms with Crippen LogP contribution in [0.25, 0.3) is 0 Å². The van der Waals surface area contributed by atoms with Crippen LogP contribution in [-0.2, 0) is 9.30 Å². The number of ether oxygens (including phenoxy) is 1. The van der Waals surface area contributed by atoms with Gasteiger partial charge >= 0.3 is 0 Å². The predicted octanol–water partition coefficient (Wildman–Crippen LogP) is 4.66. The van der Waals surface area contributed by atoms with Crippen LogP contribution in [0.5, 0.6) is 0 Å². The Morgan fingerprint density at radius 1 is 0.857 bits per heavy atom. The van der Waals surface area contributed by atoms with Crippen LogP contribution in [0, 0.1) is 0 Å². The Hall–Kier alpha value is -1.81. The van der Waals surface area contributed by atoms with Gasteiger partial charge in [-0.15, -0.1) is 0 Å². The summed E-state index contributed by atoms with van der Waals surface area (Å²) in [5.41, 5.74) is 2.11. The van der Waals surface area contributed by atoms with Crippen LogP contribution in [0.15, 0.2) is 60.7 Å². The molecule has 0 saturated carbocycles. The number of hydrogen-bond acceptors (Lipinski definition) is 3. The molecule has 0 aromatic heterocycles. The number of morpholine rings is 1. The molecule has 2 heterocycles. The van der Waals surface area contributed by atoms with E-state index < -0.39 is 7.44 Å². The minimum absolute atomic E-state index is 0.00399. The van der Waals surface area contributed by atoms with E-state index in [2.05, 4.69) is 45.4 Å². The Morgan fingerprint density at radius 3 is 1.82 bits per heavy atom. The summed E-state index contributed by atoms with van der Waals surface area (Å²) in [4.78, 5) is 2.41. The van der Waals surface area contributed by atoms with Crippen LogP contribution in [0.4, 0.5) is 11.4 Å². The third kappa shape index (κ3) is 3.59. The van der Waals surface area contributed by atoms with E-state index in [1.807, 2.05) is 36.4 Å². The fraction of sp³-hybridized carbons (Fsp3) is 0.455. The molecule has 0 bridgehead atoms. The summed E-state index contributed by atoms with van der Waals surface area (Å²) in [5, 5.41) is 0. The Kier molecular flexibility index (Phi) is 6.05. The first-order valence-electron chi connectivity index (χ1n) is 10.3. The molecule has 2 fully saturated rings. The molecular weight excluding hydrogens is 369 g/mol. The summed E-state index contributed by atoms with van der Waals surface area (Å²) < 4.78 is 25.0. The van der Waals surface area contributed by atoms with Crippen molar-refractivity contribution in [2.24, 2.45) is 0 Å². The quantitative estimate of drug-likeness (QED) is 0.660. The molecule has 28 heavy (non-hydrogen) atoms. The molecular formula is C22H30N3O2P. The number of anilines is 2. The highest BCUT2D eigenvalue weighted by molar-refractivity contribution is 7.68. The zero-order valence-corrected chi connectivity index (χ0v) is 17.5. The van der Waals surface area contributed by atoms with Crippen molar-refractivity contribution in [2.75, 3.05) is 48.7 Å². The molecule has 2 aliphatic heterocycles. The van der Waals surface area contributed by atoms with E-state index in [-0.39, 0.29) is 5.78 Å². The second-order valence-electron chi connectivity index (χ2n) is 7.42. The van der Waals surface area contributed by atoms with Gasteiger partial charge < -0.3 is 14.1 Å². The van der Waals surface area contributed by atoms with Crippen LogP contribution in [0.3, 0.4) is 0 Å². The van der Waals surface area contributed by atoms with Gasteiger partial charge in [-0.05, 0) is 30.7 Å². The minimum atomic E-state index is -2.89. The minimum Gasteiger partial charge on any atom is -0.379 e. The number of nitrogens with zero attached hydrogens (tertiary/aromatic N) is 3. The van der Waals surface area contributed by atoms with Crippen molar-refractivity contribution in [3.63, 3.8) is 0 Å². The largest absolute Gasteiger partial charge is 0.379 e. The molecule has 0 radical (unpaired) electrons. The molecule has 0 spiro atoms. The van der Waals surface area contributed by atoms with Crippen LogP contribution >= 0.6 is 7.44 Å². The third-order valence-electron chi connectivity index (χ3n) is 5.73. The van der Waals surface area contributed by atoms with Gasteiger partial charge in [0.15, 0.2) is 0 Å². The fourth-order valence-electron chi connectivity index (χ4n) is 4.41. The predicted molar refractivity (Wildman–Crippen MR) is 116 cm³/mol. The molecule has 2 aromatic rings. The molecule has 1 unspecified atom stereocenters. The van der Waals surface area contributed by atoms with Crippen molar-refractivity contribution in [1.29, 1.82) is 0 Å². The molecule has 5 nitrogen and oxygen atoms in total. The maximum absolute atomic E-state index is 15.0. The van der Waals surface area contributed by atoms with E-state index >= 15 is 4.57 Å². The Morgan fingerprint density at radius 2 is 1.36 bits per heavy atom. The zero-order valence-electron chi connectivity index (χ0n) is 16.6. The van der Waals surface area contributed by atoms with E-state index in [9.17, 15) is 0 Å². The lowest BCUT2D eigenvalue weighted by Crippen LogP contribution is -2.46. The number of rotatable bonds is 6. The van der Waals surface area contributed by atoms with Crippen molar-refractivity contribution in [2.45, 2.75) is 25.5 Å². The topological polar surface area (TPSA) is 36.0 Å². The second kappa shape index (κ2) is 8.69. The molecule has 2 aliphatic rings. The lowest BCUT2D eigenvalue weighted by atomic mass is 10.3. The zero-order chi connectivity index (χ0) is 19.4. The van der Waals surface area contributed by atoms with E-state index in [1.165, 1.54) is 0 Å². The molecule has 150 valence electrons. The van der Waals surface area contributed by atoms with Gasteiger partial charge in [0, 0.05) is 37.6 Å². The average Bonchev–Trinajstić information content (AvgIpc) is 3.11. The Labute approximate surface area is 168 Å². The highest BCUT2D eigenvalue weighted by Gasteiger charge is 2.50. The summed E-state index contributed by atoms with van der Waals surface area (Å²) in [6.45, 7) is 6.88. The normalized spacial score (nSPS) is 21.0. The molecule has 4 rings (SSSR count). The highest BCUT2D eigenvalue weighted by atomic mass is 31.2. The Bertz CT molecular complexity index is 744. The molecule has 0 amide bonds. The smallest absolute Gasteiger partial charge is 0.279 e. The van der Waals surface area contributed by atoms with Gasteiger partial charge in [-0.1, -0.05) is 49.7 Å². The van der Waals surface area contributed by atoms with E-state index in [1.54, 1.807) is 0 Å². The van der Waals surface area contributed by atoms with Gasteiger partial charge in [-0.3, -0.25) is 9.46 Å². The van der Waals surface area contributed by atoms with Crippen molar-refractivity contribution in [3.8, 4) is 0 Å². The summed E-state index contributed by atoms with van der Waals surface area (Å²) in [7, 11) is -2.89. The maximum atomic E-state index is 15.0. The summed E-state index contributed by atoms with van der Waals surface area (Å²) in [6, 6.07) is 20.5. The molecule has 0 N–H and O–H groups in total. The fourth-order valence-corrected chi connectivity index (χ4v) is 8.25. The number of hydrogen-bond donors (Lipinski definition) is 0. The lowest BCUT2D eigenvalue weighted by molar-refractivity contribution is 0.0292. The summed E-state index contributed by atoms with van der Waals surface area (Å²) in [6.07, 6.45) is 1.93. The van der Waals surface area contributed by atoms with Crippen LogP contribution in [0.1, 0.15) is 19.8 Å². The summed E-state index contributed by atoms with van der Waals surface area (Å²) in [5.74, 6) is 0.00399. The van der Waals surface area contributed by atoms with Gasteiger partial charge in [-0.25, -0.2) is 0 Å². The first-order chi connectivity index (χ1) is 13.7. The Balaban J connectivity index is 1.79. The first-order valence-corrected chi connectivity index (χ1v) is 12.0. The second-order valence-corrected chi connectivity index (χ2v) is 10.2.